The fourth-order valence-electron chi connectivity index (χ4n) is 3.74. The van der Waals surface area contributed by atoms with Gasteiger partial charge in [-0.3, -0.25) is 9.36 Å². The highest BCUT2D eigenvalue weighted by atomic mass is 35.5. The van der Waals surface area contributed by atoms with E-state index in [1.165, 1.54) is 0 Å². The summed E-state index contributed by atoms with van der Waals surface area (Å²) >= 11 is 0. The second-order valence-corrected chi connectivity index (χ2v) is 7.14. The number of piperidine rings is 1. The van der Waals surface area contributed by atoms with Gasteiger partial charge in [0.05, 0.1) is 23.6 Å². The predicted octanol–water partition coefficient (Wildman–Crippen LogP) is 2.30. The van der Waals surface area contributed by atoms with Gasteiger partial charge in [0.2, 0.25) is 5.95 Å². The summed E-state index contributed by atoms with van der Waals surface area (Å²) in [7, 11) is 0. The SMILES string of the molecule is Cc1cc2c(=O)n(Cc3ccccc3C#N)c(N3CCC[C@@H](N)C3)nc2[nH]1.Cl. The zero-order valence-electron chi connectivity index (χ0n) is 15.7. The Balaban J connectivity index is 0.00000225. The molecule has 3 aromatic rings. The van der Waals surface area contributed by atoms with Crippen LogP contribution in [0.25, 0.3) is 11.0 Å². The summed E-state index contributed by atoms with van der Waals surface area (Å²) in [5.74, 6) is 0.609. The Labute approximate surface area is 169 Å². The minimum atomic E-state index is -0.105. The van der Waals surface area contributed by atoms with Crippen LogP contribution in [-0.2, 0) is 6.54 Å². The van der Waals surface area contributed by atoms with Crippen LogP contribution in [0.4, 0.5) is 5.95 Å². The maximum atomic E-state index is 13.3. The number of nitriles is 1. The first-order valence-electron chi connectivity index (χ1n) is 9.15. The number of hydrogen-bond donors (Lipinski definition) is 2. The van der Waals surface area contributed by atoms with Crippen LogP contribution >= 0.6 is 12.4 Å². The molecule has 1 aromatic carbocycles. The summed E-state index contributed by atoms with van der Waals surface area (Å²) in [6.45, 7) is 3.69. The maximum absolute atomic E-state index is 13.3. The first kappa shape index (κ1) is 19.9. The molecule has 146 valence electrons. The number of anilines is 1. The lowest BCUT2D eigenvalue weighted by molar-refractivity contribution is 0.491. The molecule has 0 unspecified atom stereocenters. The van der Waals surface area contributed by atoms with Gasteiger partial charge >= 0.3 is 0 Å². The molecule has 3 heterocycles. The zero-order valence-corrected chi connectivity index (χ0v) is 16.5. The van der Waals surface area contributed by atoms with E-state index in [1.807, 2.05) is 31.2 Å². The highest BCUT2D eigenvalue weighted by molar-refractivity contribution is 5.85. The van der Waals surface area contributed by atoms with Crippen molar-refractivity contribution in [1.82, 2.24) is 14.5 Å². The molecule has 1 saturated heterocycles. The number of fused-ring (bicyclic) bond motifs is 1. The Morgan fingerprint density at radius 3 is 2.93 bits per heavy atom. The quantitative estimate of drug-likeness (QED) is 0.704. The monoisotopic (exact) mass is 398 g/mol. The number of hydrogen-bond acceptors (Lipinski definition) is 5. The van der Waals surface area contributed by atoms with Gasteiger partial charge in [0.15, 0.2) is 0 Å². The normalized spacial score (nSPS) is 16.6. The Bertz CT molecular complexity index is 1100. The minimum Gasteiger partial charge on any atom is -0.343 e. The molecular formula is C20H23ClN6O. The molecular weight excluding hydrogens is 376 g/mol. The summed E-state index contributed by atoms with van der Waals surface area (Å²) < 4.78 is 1.67. The van der Waals surface area contributed by atoms with E-state index in [1.54, 1.807) is 10.6 Å². The van der Waals surface area contributed by atoms with Gasteiger partial charge in [-0.1, -0.05) is 18.2 Å². The maximum Gasteiger partial charge on any atom is 0.264 e. The third-order valence-corrected chi connectivity index (χ3v) is 5.07. The van der Waals surface area contributed by atoms with E-state index in [4.69, 9.17) is 10.7 Å². The standard InChI is InChI=1S/C20H22N6O.ClH/c1-13-9-17-18(23-13)24-20(25-8-4-7-16(22)12-25)26(19(17)27)11-15-6-3-2-5-14(15)10-21;/h2-3,5-6,9,16,23H,4,7-8,11-12,22H2,1H3;1H/t16-;/m1./s1. The molecule has 0 radical (unpaired) electrons. The largest absolute Gasteiger partial charge is 0.343 e. The highest BCUT2D eigenvalue weighted by Gasteiger charge is 2.23. The number of benzene rings is 1. The van der Waals surface area contributed by atoms with Gasteiger partial charge in [0, 0.05) is 24.8 Å². The molecule has 0 amide bonds. The van der Waals surface area contributed by atoms with Crippen LogP contribution in [0.3, 0.4) is 0 Å². The van der Waals surface area contributed by atoms with Crippen LogP contribution < -0.4 is 16.2 Å². The van der Waals surface area contributed by atoms with Crippen LogP contribution in [0.1, 0.15) is 29.7 Å². The minimum absolute atomic E-state index is 0. The Morgan fingerprint density at radius 1 is 1.39 bits per heavy atom. The Kier molecular flexibility index (Phi) is 5.73. The van der Waals surface area contributed by atoms with Gasteiger partial charge in [-0.05, 0) is 37.5 Å². The van der Waals surface area contributed by atoms with Gasteiger partial charge in [0.25, 0.3) is 5.56 Å². The molecule has 4 rings (SSSR count). The first-order chi connectivity index (χ1) is 13.1. The van der Waals surface area contributed by atoms with Crippen molar-refractivity contribution in [3.8, 4) is 6.07 Å². The Hall–Kier alpha value is -2.82. The van der Waals surface area contributed by atoms with E-state index in [0.717, 1.165) is 30.6 Å². The molecule has 0 saturated carbocycles. The summed E-state index contributed by atoms with van der Waals surface area (Å²) in [5, 5.41) is 9.97. The Morgan fingerprint density at radius 2 is 2.18 bits per heavy atom. The fourth-order valence-corrected chi connectivity index (χ4v) is 3.74. The second kappa shape index (κ2) is 8.05. The van der Waals surface area contributed by atoms with Crippen molar-refractivity contribution in [2.75, 3.05) is 18.0 Å². The number of rotatable bonds is 3. The lowest BCUT2D eigenvalue weighted by atomic mass is 10.1. The first-order valence-corrected chi connectivity index (χ1v) is 9.15. The number of nitrogens with two attached hydrogens (primary N) is 1. The van der Waals surface area contributed by atoms with E-state index in [9.17, 15) is 10.1 Å². The van der Waals surface area contributed by atoms with Crippen molar-refractivity contribution >= 4 is 29.4 Å². The van der Waals surface area contributed by atoms with Crippen molar-refractivity contribution in [2.45, 2.75) is 32.4 Å². The zero-order chi connectivity index (χ0) is 19.0. The summed E-state index contributed by atoms with van der Waals surface area (Å²) in [5.41, 5.74) is 8.91. The van der Waals surface area contributed by atoms with Gasteiger partial charge in [0.1, 0.15) is 5.65 Å². The molecule has 2 aromatic heterocycles. The van der Waals surface area contributed by atoms with Crippen molar-refractivity contribution in [3.63, 3.8) is 0 Å². The topological polar surface area (TPSA) is 104 Å². The number of H-pyrrole nitrogens is 1. The summed E-state index contributed by atoms with van der Waals surface area (Å²) in [6, 6.07) is 11.4. The third-order valence-electron chi connectivity index (χ3n) is 5.07. The van der Waals surface area contributed by atoms with Crippen LogP contribution in [0.2, 0.25) is 0 Å². The number of halogens is 1. The average molecular weight is 399 g/mol. The van der Waals surface area contributed by atoms with E-state index < -0.39 is 0 Å². The number of aromatic nitrogens is 3. The van der Waals surface area contributed by atoms with Crippen molar-refractivity contribution in [1.29, 1.82) is 5.26 Å². The second-order valence-electron chi connectivity index (χ2n) is 7.14. The number of aryl methyl sites for hydroxylation is 1. The molecule has 3 N–H and O–H groups in total. The molecule has 1 aliphatic heterocycles. The van der Waals surface area contributed by atoms with Crippen molar-refractivity contribution in [3.05, 3.63) is 57.5 Å². The average Bonchev–Trinajstić information content (AvgIpc) is 3.05. The van der Waals surface area contributed by atoms with Gasteiger partial charge in [-0.2, -0.15) is 10.2 Å². The van der Waals surface area contributed by atoms with Gasteiger partial charge < -0.3 is 15.6 Å². The van der Waals surface area contributed by atoms with E-state index in [0.29, 0.717) is 35.6 Å². The molecule has 7 nitrogen and oxygen atoms in total. The van der Waals surface area contributed by atoms with Crippen LogP contribution in [-0.4, -0.2) is 33.7 Å². The molecule has 1 aliphatic rings. The number of nitrogens with zero attached hydrogens (tertiary/aromatic N) is 4. The van der Waals surface area contributed by atoms with Crippen LogP contribution in [0, 0.1) is 18.3 Å². The van der Waals surface area contributed by atoms with Crippen LogP contribution in [0.15, 0.2) is 35.1 Å². The number of aromatic amines is 1. The summed E-state index contributed by atoms with van der Waals surface area (Å²) in [4.78, 5) is 23.3. The lowest BCUT2D eigenvalue weighted by Crippen LogP contribution is -2.45. The van der Waals surface area contributed by atoms with Crippen molar-refractivity contribution < 1.29 is 0 Å². The third kappa shape index (κ3) is 3.61. The van der Waals surface area contributed by atoms with Crippen LogP contribution in [0.5, 0.6) is 0 Å². The molecule has 1 atom stereocenters. The lowest BCUT2D eigenvalue weighted by Gasteiger charge is -2.33. The van der Waals surface area contributed by atoms with E-state index >= 15 is 0 Å². The van der Waals surface area contributed by atoms with E-state index in [2.05, 4.69) is 16.0 Å². The predicted molar refractivity (Wildman–Crippen MR) is 112 cm³/mol. The molecule has 28 heavy (non-hydrogen) atoms. The molecule has 0 bridgehead atoms. The van der Waals surface area contributed by atoms with Gasteiger partial charge in [-0.25, -0.2) is 0 Å². The molecule has 1 fully saturated rings. The highest BCUT2D eigenvalue weighted by Crippen LogP contribution is 2.21. The fraction of sp³-hybridized carbons (Fsp3) is 0.350. The molecule has 0 aliphatic carbocycles. The molecule has 0 spiro atoms. The van der Waals surface area contributed by atoms with Gasteiger partial charge in [-0.15, -0.1) is 12.4 Å². The molecule has 8 heteroatoms. The van der Waals surface area contributed by atoms with E-state index in [-0.39, 0.29) is 24.0 Å². The smallest absolute Gasteiger partial charge is 0.264 e. The van der Waals surface area contributed by atoms with Crippen molar-refractivity contribution in [2.24, 2.45) is 5.73 Å². The summed E-state index contributed by atoms with van der Waals surface area (Å²) in [6.07, 6.45) is 1.94. The number of nitrogens with one attached hydrogen (secondary N) is 1.